The largest absolute Gasteiger partial charge is 0.449 e. The minimum Gasteiger partial charge on any atom is -0.449 e. The van der Waals surface area contributed by atoms with Crippen molar-refractivity contribution >= 4 is 12.0 Å². The lowest BCUT2D eigenvalue weighted by Crippen LogP contribution is -2.31. The molecule has 0 radical (unpaired) electrons. The van der Waals surface area contributed by atoms with Crippen molar-refractivity contribution in [2.45, 2.75) is 33.4 Å². The molecule has 0 aliphatic carbocycles. The van der Waals surface area contributed by atoms with Crippen LogP contribution in [0.1, 0.15) is 31.4 Å². The summed E-state index contributed by atoms with van der Waals surface area (Å²) in [6.45, 7) is 6.48. The molecule has 0 bridgehead atoms. The van der Waals surface area contributed by atoms with Gasteiger partial charge < -0.3 is 14.4 Å². The van der Waals surface area contributed by atoms with Crippen LogP contribution in [0.2, 0.25) is 0 Å². The summed E-state index contributed by atoms with van der Waals surface area (Å²) in [6.07, 6.45) is 7.72. The van der Waals surface area contributed by atoms with Gasteiger partial charge in [0.1, 0.15) is 0 Å². The SMILES string of the molecule is C/C=C(\C=C\CN(Cc1ccccc1)C(=O)C1=CN(C(=O)OCC)CC1)COCc1ccccc1. The maximum Gasteiger partial charge on any atom is 0.413 e. The number of carbonyl (C=O) groups is 2. The van der Waals surface area contributed by atoms with Gasteiger partial charge in [-0.05, 0) is 37.0 Å². The van der Waals surface area contributed by atoms with E-state index >= 15 is 0 Å². The number of amides is 2. The highest BCUT2D eigenvalue weighted by Crippen LogP contribution is 2.19. The zero-order valence-electron chi connectivity index (χ0n) is 20.6. The monoisotopic (exact) mass is 474 g/mol. The van der Waals surface area contributed by atoms with E-state index in [1.54, 1.807) is 18.0 Å². The van der Waals surface area contributed by atoms with Gasteiger partial charge in [0.25, 0.3) is 5.91 Å². The molecule has 0 atom stereocenters. The summed E-state index contributed by atoms with van der Waals surface area (Å²) in [5.74, 6) is -0.0762. The number of hydrogen-bond donors (Lipinski definition) is 0. The van der Waals surface area contributed by atoms with Crippen molar-refractivity contribution in [3.05, 3.63) is 107 Å². The molecule has 0 N–H and O–H groups in total. The van der Waals surface area contributed by atoms with Crippen LogP contribution in [-0.4, -0.2) is 48.1 Å². The van der Waals surface area contributed by atoms with E-state index in [1.807, 2.05) is 85.8 Å². The number of hydrogen-bond acceptors (Lipinski definition) is 4. The minimum atomic E-state index is -0.418. The molecule has 0 fully saturated rings. The molecule has 1 heterocycles. The van der Waals surface area contributed by atoms with Crippen LogP contribution in [0.5, 0.6) is 0 Å². The standard InChI is InChI=1S/C29H34N2O4/c1-3-24(22-34-23-26-14-9-6-10-15-26)16-11-18-30(20-25-12-7-5-8-13-25)28(32)27-17-19-31(21-27)29(33)35-4-2/h3,5-16,21H,4,17-20,22-23H2,1-2H3/b16-11+,24-3+. The summed E-state index contributed by atoms with van der Waals surface area (Å²) in [5.41, 5.74) is 3.84. The van der Waals surface area contributed by atoms with E-state index in [0.29, 0.717) is 51.4 Å². The van der Waals surface area contributed by atoms with Crippen LogP contribution in [0.25, 0.3) is 0 Å². The van der Waals surface area contributed by atoms with Crippen molar-refractivity contribution in [1.29, 1.82) is 0 Å². The lowest BCUT2D eigenvalue weighted by molar-refractivity contribution is -0.127. The van der Waals surface area contributed by atoms with E-state index in [-0.39, 0.29) is 5.91 Å². The summed E-state index contributed by atoms with van der Waals surface area (Å²) in [5, 5.41) is 0. The van der Waals surface area contributed by atoms with Crippen molar-refractivity contribution < 1.29 is 19.1 Å². The van der Waals surface area contributed by atoms with Gasteiger partial charge in [0.2, 0.25) is 0 Å². The summed E-state index contributed by atoms with van der Waals surface area (Å²) in [6, 6.07) is 20.0. The van der Waals surface area contributed by atoms with Crippen molar-refractivity contribution in [3.63, 3.8) is 0 Å². The van der Waals surface area contributed by atoms with Gasteiger partial charge in [0, 0.05) is 31.4 Å². The lowest BCUT2D eigenvalue weighted by Gasteiger charge is -2.22. The average Bonchev–Trinajstić information content (AvgIpc) is 3.39. The minimum absolute atomic E-state index is 0.0762. The molecule has 0 unspecified atom stereocenters. The van der Waals surface area contributed by atoms with Crippen LogP contribution >= 0.6 is 0 Å². The maximum absolute atomic E-state index is 13.4. The zero-order chi connectivity index (χ0) is 24.9. The molecule has 2 amide bonds. The number of carbonyl (C=O) groups excluding carboxylic acids is 2. The number of benzene rings is 2. The van der Waals surface area contributed by atoms with Crippen molar-refractivity contribution in [2.75, 3.05) is 26.3 Å². The first kappa shape index (κ1) is 26.0. The molecule has 1 aliphatic heterocycles. The van der Waals surface area contributed by atoms with Crippen LogP contribution in [0, 0.1) is 0 Å². The number of ether oxygens (including phenoxy) is 2. The smallest absolute Gasteiger partial charge is 0.413 e. The third-order valence-corrected chi connectivity index (χ3v) is 5.62. The molecule has 0 spiro atoms. The Kier molecular flexibility index (Phi) is 10.3. The van der Waals surface area contributed by atoms with E-state index in [2.05, 4.69) is 0 Å². The Morgan fingerprint density at radius 2 is 1.71 bits per heavy atom. The first-order valence-corrected chi connectivity index (χ1v) is 12.0. The van der Waals surface area contributed by atoms with Gasteiger partial charge >= 0.3 is 6.09 Å². The second-order valence-electron chi connectivity index (χ2n) is 8.21. The Balaban J connectivity index is 1.63. The predicted molar refractivity (Wildman–Crippen MR) is 137 cm³/mol. The Hall–Kier alpha value is -3.64. The van der Waals surface area contributed by atoms with Crippen LogP contribution in [0.3, 0.4) is 0 Å². The Bertz CT molecular complexity index is 1040. The second kappa shape index (κ2) is 13.9. The number of nitrogens with zero attached hydrogens (tertiary/aromatic N) is 2. The van der Waals surface area contributed by atoms with Crippen molar-refractivity contribution in [1.82, 2.24) is 9.80 Å². The molecule has 3 rings (SSSR count). The Morgan fingerprint density at radius 3 is 2.37 bits per heavy atom. The fraction of sp³-hybridized carbons (Fsp3) is 0.310. The normalized spacial score (nSPS) is 13.7. The van der Waals surface area contributed by atoms with Crippen LogP contribution in [0.15, 0.2) is 96.2 Å². The molecule has 0 saturated carbocycles. The molecular weight excluding hydrogens is 440 g/mol. The first-order chi connectivity index (χ1) is 17.1. The third kappa shape index (κ3) is 8.26. The lowest BCUT2D eigenvalue weighted by atomic mass is 10.1. The van der Waals surface area contributed by atoms with Crippen LogP contribution < -0.4 is 0 Å². The quantitative estimate of drug-likeness (QED) is 0.405. The predicted octanol–water partition coefficient (Wildman–Crippen LogP) is 5.48. The van der Waals surface area contributed by atoms with Gasteiger partial charge in [-0.25, -0.2) is 4.79 Å². The molecule has 2 aromatic rings. The fourth-order valence-electron chi connectivity index (χ4n) is 3.72. The highest BCUT2D eigenvalue weighted by molar-refractivity contribution is 5.94. The van der Waals surface area contributed by atoms with Crippen LogP contribution in [-0.2, 0) is 27.4 Å². The van der Waals surface area contributed by atoms with E-state index in [4.69, 9.17) is 9.47 Å². The maximum atomic E-state index is 13.4. The first-order valence-electron chi connectivity index (χ1n) is 12.0. The highest BCUT2D eigenvalue weighted by atomic mass is 16.6. The molecule has 6 nitrogen and oxygen atoms in total. The average molecular weight is 475 g/mol. The van der Waals surface area contributed by atoms with Gasteiger partial charge in [-0.1, -0.05) is 78.9 Å². The van der Waals surface area contributed by atoms with Gasteiger partial charge in [-0.15, -0.1) is 0 Å². The van der Waals surface area contributed by atoms with Crippen molar-refractivity contribution in [3.8, 4) is 0 Å². The van der Waals surface area contributed by atoms with Gasteiger partial charge in [0.15, 0.2) is 0 Å². The summed E-state index contributed by atoms with van der Waals surface area (Å²) in [4.78, 5) is 28.7. The molecule has 2 aromatic carbocycles. The molecule has 184 valence electrons. The summed E-state index contributed by atoms with van der Waals surface area (Å²) >= 11 is 0. The molecular formula is C29H34N2O4. The second-order valence-corrected chi connectivity index (χ2v) is 8.21. The molecule has 0 aromatic heterocycles. The van der Waals surface area contributed by atoms with E-state index in [1.165, 1.54) is 4.90 Å². The molecule has 6 heteroatoms. The summed E-state index contributed by atoms with van der Waals surface area (Å²) in [7, 11) is 0. The molecule has 1 aliphatic rings. The van der Waals surface area contributed by atoms with E-state index in [0.717, 1.165) is 16.7 Å². The fourth-order valence-corrected chi connectivity index (χ4v) is 3.72. The number of rotatable bonds is 11. The molecule has 35 heavy (non-hydrogen) atoms. The van der Waals surface area contributed by atoms with Gasteiger partial charge in [-0.2, -0.15) is 0 Å². The third-order valence-electron chi connectivity index (χ3n) is 5.62. The van der Waals surface area contributed by atoms with Gasteiger partial charge in [-0.3, -0.25) is 9.69 Å². The topological polar surface area (TPSA) is 59.1 Å². The van der Waals surface area contributed by atoms with E-state index in [9.17, 15) is 9.59 Å². The Morgan fingerprint density at radius 1 is 1.03 bits per heavy atom. The van der Waals surface area contributed by atoms with E-state index < -0.39 is 6.09 Å². The van der Waals surface area contributed by atoms with Crippen molar-refractivity contribution in [2.24, 2.45) is 0 Å². The van der Waals surface area contributed by atoms with Gasteiger partial charge in [0.05, 0.1) is 19.8 Å². The van der Waals surface area contributed by atoms with Crippen LogP contribution in [0.4, 0.5) is 4.79 Å². The molecule has 0 saturated heterocycles. The Labute approximate surface area is 208 Å². The highest BCUT2D eigenvalue weighted by Gasteiger charge is 2.26. The zero-order valence-corrected chi connectivity index (χ0v) is 20.6. The summed E-state index contributed by atoms with van der Waals surface area (Å²) < 4.78 is 10.9. The number of allylic oxidation sites excluding steroid dienone is 1.